The van der Waals surface area contributed by atoms with E-state index in [0.29, 0.717) is 18.8 Å². The molecule has 0 saturated carbocycles. The van der Waals surface area contributed by atoms with Crippen LogP contribution in [-0.4, -0.2) is 46.5 Å². The summed E-state index contributed by atoms with van der Waals surface area (Å²) < 4.78 is 0. The largest absolute Gasteiger partial charge is 0.328 e. The van der Waals surface area contributed by atoms with Gasteiger partial charge in [-0.2, -0.15) is 5.10 Å². The number of likely N-dealkylation sites (N-methyl/N-ethyl adjacent to an activating group) is 1. The first-order chi connectivity index (χ1) is 12.5. The van der Waals surface area contributed by atoms with Crippen LogP contribution in [0, 0.1) is 13.8 Å². The van der Waals surface area contributed by atoms with Crippen LogP contribution in [0.3, 0.4) is 0 Å². The lowest BCUT2D eigenvalue weighted by Gasteiger charge is -2.21. The van der Waals surface area contributed by atoms with Crippen molar-refractivity contribution in [2.45, 2.75) is 33.7 Å². The third-order valence-corrected chi connectivity index (χ3v) is 4.76. The first kappa shape index (κ1) is 18.1. The number of anilines is 1. The van der Waals surface area contributed by atoms with Gasteiger partial charge in [-0.3, -0.25) is 14.7 Å². The van der Waals surface area contributed by atoms with Crippen molar-refractivity contribution >= 4 is 17.5 Å². The molecule has 2 amide bonds. The van der Waals surface area contributed by atoms with E-state index in [1.807, 2.05) is 39.0 Å². The summed E-state index contributed by atoms with van der Waals surface area (Å²) in [5.41, 5.74) is 5.13. The van der Waals surface area contributed by atoms with Gasteiger partial charge in [0.05, 0.1) is 0 Å². The molecule has 0 saturated heterocycles. The summed E-state index contributed by atoms with van der Waals surface area (Å²) in [5, 5.41) is 13.3. The van der Waals surface area contributed by atoms with Gasteiger partial charge >= 0.3 is 0 Å². The van der Waals surface area contributed by atoms with Crippen molar-refractivity contribution in [3.63, 3.8) is 0 Å². The Hall–Kier alpha value is -2.67. The summed E-state index contributed by atoms with van der Waals surface area (Å²) >= 11 is 0. The molecule has 7 nitrogen and oxygen atoms in total. The van der Waals surface area contributed by atoms with Gasteiger partial charge in [0.25, 0.3) is 5.91 Å². The smallest absolute Gasteiger partial charge is 0.275 e. The summed E-state index contributed by atoms with van der Waals surface area (Å²) in [4.78, 5) is 26.9. The van der Waals surface area contributed by atoms with Crippen molar-refractivity contribution in [3.8, 4) is 0 Å². The monoisotopic (exact) mass is 355 g/mol. The van der Waals surface area contributed by atoms with Crippen LogP contribution in [-0.2, 0) is 17.8 Å². The van der Waals surface area contributed by atoms with E-state index in [0.717, 1.165) is 41.0 Å². The number of H-pyrrole nitrogens is 1. The lowest BCUT2D eigenvalue weighted by atomic mass is 10.1. The molecule has 0 spiro atoms. The third-order valence-electron chi connectivity index (χ3n) is 4.76. The zero-order chi connectivity index (χ0) is 18.7. The molecular formula is C19H25N5O2. The van der Waals surface area contributed by atoms with Gasteiger partial charge < -0.3 is 15.5 Å². The molecule has 0 radical (unpaired) electrons. The van der Waals surface area contributed by atoms with Crippen molar-refractivity contribution < 1.29 is 9.59 Å². The minimum atomic E-state index is -0.217. The van der Waals surface area contributed by atoms with Crippen molar-refractivity contribution in [2.24, 2.45) is 0 Å². The van der Waals surface area contributed by atoms with E-state index in [1.165, 1.54) is 4.90 Å². The van der Waals surface area contributed by atoms with E-state index < -0.39 is 0 Å². The Morgan fingerprint density at radius 3 is 2.69 bits per heavy atom. The number of rotatable bonds is 5. The SMILES string of the molecule is CCN(CC(=O)Nc1c(C)cccc1C)C(=O)c1n[nH]c2c1CNCC2. The van der Waals surface area contributed by atoms with Crippen LogP contribution in [0.25, 0.3) is 0 Å². The molecule has 0 fully saturated rings. The second-order valence-electron chi connectivity index (χ2n) is 6.59. The van der Waals surface area contributed by atoms with Crippen LogP contribution in [0.1, 0.15) is 39.8 Å². The first-order valence-electron chi connectivity index (χ1n) is 8.93. The molecule has 26 heavy (non-hydrogen) atoms. The topological polar surface area (TPSA) is 90.1 Å². The average molecular weight is 355 g/mol. The predicted octanol–water partition coefficient (Wildman–Crippen LogP) is 1.77. The summed E-state index contributed by atoms with van der Waals surface area (Å²) in [6.07, 6.45) is 0.828. The maximum Gasteiger partial charge on any atom is 0.275 e. The summed E-state index contributed by atoms with van der Waals surface area (Å²) in [7, 11) is 0. The standard InChI is InChI=1S/C19H25N5O2/c1-4-24(11-16(25)21-17-12(2)6-5-7-13(17)3)19(26)18-14-10-20-9-8-15(14)22-23-18/h5-7,20H,4,8-11H2,1-3H3,(H,21,25)(H,22,23). The minimum absolute atomic E-state index is 0.00182. The molecule has 3 rings (SSSR count). The van der Waals surface area contributed by atoms with Gasteiger partial charge in [0.15, 0.2) is 5.69 Å². The molecule has 2 heterocycles. The summed E-state index contributed by atoms with van der Waals surface area (Å²) in [5.74, 6) is -0.425. The fourth-order valence-corrected chi connectivity index (χ4v) is 3.24. The molecule has 0 bridgehead atoms. The molecule has 138 valence electrons. The quantitative estimate of drug-likeness (QED) is 0.762. The van der Waals surface area contributed by atoms with Crippen LogP contribution >= 0.6 is 0 Å². The highest BCUT2D eigenvalue weighted by molar-refractivity contribution is 5.99. The van der Waals surface area contributed by atoms with Crippen molar-refractivity contribution in [1.29, 1.82) is 0 Å². The fraction of sp³-hybridized carbons (Fsp3) is 0.421. The van der Waals surface area contributed by atoms with Crippen molar-refractivity contribution in [2.75, 3.05) is 25.0 Å². The number of hydrogen-bond acceptors (Lipinski definition) is 4. The number of hydrogen-bond donors (Lipinski definition) is 3. The normalized spacial score (nSPS) is 13.2. The second kappa shape index (κ2) is 7.70. The van der Waals surface area contributed by atoms with Crippen LogP contribution in [0.15, 0.2) is 18.2 Å². The average Bonchev–Trinajstić information content (AvgIpc) is 3.06. The Labute approximate surface area is 153 Å². The second-order valence-corrected chi connectivity index (χ2v) is 6.59. The van der Waals surface area contributed by atoms with Crippen molar-refractivity contribution in [1.82, 2.24) is 20.4 Å². The number of aromatic nitrogens is 2. The number of para-hydroxylation sites is 1. The molecule has 1 aromatic heterocycles. The van der Waals surface area contributed by atoms with E-state index >= 15 is 0 Å². The van der Waals surface area contributed by atoms with Gasteiger partial charge in [-0.15, -0.1) is 0 Å². The molecule has 1 aliphatic rings. The molecule has 1 aromatic carbocycles. The predicted molar refractivity (Wildman–Crippen MR) is 100 cm³/mol. The lowest BCUT2D eigenvalue weighted by molar-refractivity contribution is -0.116. The van der Waals surface area contributed by atoms with E-state index in [9.17, 15) is 9.59 Å². The molecule has 0 unspecified atom stereocenters. The fourth-order valence-electron chi connectivity index (χ4n) is 3.24. The third kappa shape index (κ3) is 3.62. The highest BCUT2D eigenvalue weighted by Crippen LogP contribution is 2.20. The number of aryl methyl sites for hydroxylation is 2. The molecule has 3 N–H and O–H groups in total. The number of aromatic amines is 1. The van der Waals surface area contributed by atoms with E-state index in [4.69, 9.17) is 0 Å². The summed E-state index contributed by atoms with van der Waals surface area (Å²) in [6.45, 7) is 7.70. The van der Waals surface area contributed by atoms with E-state index in [-0.39, 0.29) is 18.4 Å². The van der Waals surface area contributed by atoms with Gasteiger partial charge in [0.1, 0.15) is 6.54 Å². The number of carbonyl (C=O) groups is 2. The van der Waals surface area contributed by atoms with Gasteiger partial charge in [-0.1, -0.05) is 18.2 Å². The molecule has 0 atom stereocenters. The van der Waals surface area contributed by atoms with E-state index in [2.05, 4.69) is 20.8 Å². The molecule has 0 aliphatic carbocycles. The number of carbonyl (C=O) groups excluding carboxylic acids is 2. The highest BCUT2D eigenvalue weighted by atomic mass is 16.2. The van der Waals surface area contributed by atoms with Crippen LogP contribution in [0.5, 0.6) is 0 Å². The number of nitrogens with zero attached hydrogens (tertiary/aromatic N) is 2. The number of benzene rings is 1. The zero-order valence-electron chi connectivity index (χ0n) is 15.5. The van der Waals surface area contributed by atoms with Crippen LogP contribution < -0.4 is 10.6 Å². The number of amides is 2. The first-order valence-corrected chi connectivity index (χ1v) is 8.93. The lowest BCUT2D eigenvalue weighted by Crippen LogP contribution is -2.39. The molecule has 1 aliphatic heterocycles. The number of fused-ring (bicyclic) bond motifs is 1. The highest BCUT2D eigenvalue weighted by Gasteiger charge is 2.26. The Balaban J connectivity index is 1.72. The molecule has 7 heteroatoms. The van der Waals surface area contributed by atoms with Gasteiger partial charge in [0, 0.05) is 43.0 Å². The van der Waals surface area contributed by atoms with Gasteiger partial charge in [0.2, 0.25) is 5.91 Å². The van der Waals surface area contributed by atoms with E-state index in [1.54, 1.807) is 0 Å². The van der Waals surface area contributed by atoms with Gasteiger partial charge in [-0.25, -0.2) is 0 Å². The maximum atomic E-state index is 12.9. The van der Waals surface area contributed by atoms with Crippen LogP contribution in [0.4, 0.5) is 5.69 Å². The Morgan fingerprint density at radius 1 is 1.27 bits per heavy atom. The summed E-state index contributed by atoms with van der Waals surface area (Å²) in [6, 6.07) is 5.86. The Bertz CT molecular complexity index is 807. The number of nitrogens with one attached hydrogen (secondary N) is 3. The Kier molecular flexibility index (Phi) is 5.37. The minimum Gasteiger partial charge on any atom is -0.328 e. The molecular weight excluding hydrogens is 330 g/mol. The van der Waals surface area contributed by atoms with Gasteiger partial charge in [-0.05, 0) is 31.9 Å². The van der Waals surface area contributed by atoms with Crippen LogP contribution in [0.2, 0.25) is 0 Å². The zero-order valence-corrected chi connectivity index (χ0v) is 15.5. The van der Waals surface area contributed by atoms with Crippen molar-refractivity contribution in [3.05, 3.63) is 46.3 Å². The maximum absolute atomic E-state index is 12.9. The Morgan fingerprint density at radius 2 is 2.00 bits per heavy atom. The molecule has 2 aromatic rings.